The first-order chi connectivity index (χ1) is 4.18. The summed E-state index contributed by atoms with van der Waals surface area (Å²) in [4.78, 5) is 0. The molecule has 0 heterocycles. The van der Waals surface area contributed by atoms with Crippen molar-refractivity contribution in [1.29, 1.82) is 0 Å². The molecule has 2 N–H and O–H groups in total. The first kappa shape index (κ1) is 8.70. The Kier molecular flexibility index (Phi) is 4.41. The lowest BCUT2D eigenvalue weighted by Gasteiger charge is -2.13. The smallest absolute Gasteiger partial charge is 0.00362 e. The van der Waals surface area contributed by atoms with Gasteiger partial charge in [0.05, 0.1) is 0 Å². The van der Waals surface area contributed by atoms with E-state index >= 15 is 0 Å². The standard InChI is InChI=1S/C8H17N/c1-4-5-6-7(2)8(3)9/h4,7-8H,1,5-6,9H2,2-3H3. The SMILES string of the molecule is C=CCCC(C)C(C)N. The maximum atomic E-state index is 5.64. The van der Waals surface area contributed by atoms with E-state index in [1.54, 1.807) is 0 Å². The highest BCUT2D eigenvalue weighted by Gasteiger charge is 2.04. The normalized spacial score (nSPS) is 16.8. The highest BCUT2D eigenvalue weighted by Crippen LogP contribution is 2.08. The van der Waals surface area contributed by atoms with Crippen molar-refractivity contribution in [2.75, 3.05) is 0 Å². The maximum Gasteiger partial charge on any atom is 0.00362 e. The molecule has 0 bridgehead atoms. The van der Waals surface area contributed by atoms with Gasteiger partial charge in [-0.1, -0.05) is 13.0 Å². The third-order valence-electron chi connectivity index (χ3n) is 1.72. The van der Waals surface area contributed by atoms with Crippen LogP contribution in [0.4, 0.5) is 0 Å². The van der Waals surface area contributed by atoms with Crippen molar-refractivity contribution in [2.24, 2.45) is 11.7 Å². The zero-order valence-electron chi connectivity index (χ0n) is 6.43. The van der Waals surface area contributed by atoms with Crippen LogP contribution in [-0.4, -0.2) is 6.04 Å². The molecule has 0 aromatic rings. The average Bonchev–Trinajstić information content (AvgIpc) is 1.82. The van der Waals surface area contributed by atoms with Crippen LogP contribution >= 0.6 is 0 Å². The van der Waals surface area contributed by atoms with E-state index in [0.717, 1.165) is 6.42 Å². The Bertz CT molecular complexity index is 76.6. The predicted octanol–water partition coefficient (Wildman–Crippen LogP) is 1.94. The highest BCUT2D eigenvalue weighted by molar-refractivity contribution is 4.71. The quantitative estimate of drug-likeness (QED) is 0.574. The number of hydrogen-bond donors (Lipinski definition) is 1. The van der Waals surface area contributed by atoms with Gasteiger partial charge in [0.1, 0.15) is 0 Å². The summed E-state index contributed by atoms with van der Waals surface area (Å²) >= 11 is 0. The van der Waals surface area contributed by atoms with Crippen molar-refractivity contribution >= 4 is 0 Å². The molecule has 0 aromatic heterocycles. The van der Waals surface area contributed by atoms with Crippen LogP contribution in [0.25, 0.3) is 0 Å². The summed E-state index contributed by atoms with van der Waals surface area (Å²) in [6.45, 7) is 7.88. The van der Waals surface area contributed by atoms with Crippen LogP contribution in [-0.2, 0) is 0 Å². The second-order valence-corrected chi connectivity index (χ2v) is 2.70. The Balaban J connectivity index is 3.26. The van der Waals surface area contributed by atoms with Crippen molar-refractivity contribution in [3.05, 3.63) is 12.7 Å². The lowest BCUT2D eigenvalue weighted by molar-refractivity contribution is 0.454. The largest absolute Gasteiger partial charge is 0.328 e. The molecule has 0 fully saturated rings. The monoisotopic (exact) mass is 127 g/mol. The molecule has 54 valence electrons. The minimum Gasteiger partial charge on any atom is -0.328 e. The minimum atomic E-state index is 0.324. The number of hydrogen-bond acceptors (Lipinski definition) is 1. The molecular weight excluding hydrogens is 110 g/mol. The van der Waals surface area contributed by atoms with Crippen molar-refractivity contribution in [3.8, 4) is 0 Å². The Labute approximate surface area is 57.9 Å². The van der Waals surface area contributed by atoms with E-state index in [0.29, 0.717) is 12.0 Å². The Morgan fingerprint density at radius 3 is 2.44 bits per heavy atom. The van der Waals surface area contributed by atoms with Gasteiger partial charge in [-0.2, -0.15) is 0 Å². The van der Waals surface area contributed by atoms with Crippen LogP contribution in [0.15, 0.2) is 12.7 Å². The molecule has 0 spiro atoms. The molecule has 2 unspecified atom stereocenters. The van der Waals surface area contributed by atoms with E-state index in [4.69, 9.17) is 5.73 Å². The molecule has 0 amide bonds. The van der Waals surface area contributed by atoms with Crippen LogP contribution in [0.5, 0.6) is 0 Å². The van der Waals surface area contributed by atoms with Crippen LogP contribution in [0, 0.1) is 5.92 Å². The Morgan fingerprint density at radius 2 is 2.11 bits per heavy atom. The topological polar surface area (TPSA) is 26.0 Å². The van der Waals surface area contributed by atoms with Crippen LogP contribution in [0.3, 0.4) is 0 Å². The van der Waals surface area contributed by atoms with Gasteiger partial charge < -0.3 is 5.73 Å². The van der Waals surface area contributed by atoms with Crippen molar-refractivity contribution in [2.45, 2.75) is 32.7 Å². The molecule has 2 atom stereocenters. The minimum absolute atomic E-state index is 0.324. The lowest BCUT2D eigenvalue weighted by Crippen LogP contribution is -2.23. The van der Waals surface area contributed by atoms with Crippen LogP contribution in [0.1, 0.15) is 26.7 Å². The molecule has 1 heteroatoms. The van der Waals surface area contributed by atoms with Gasteiger partial charge in [0.15, 0.2) is 0 Å². The van der Waals surface area contributed by atoms with Gasteiger partial charge >= 0.3 is 0 Å². The van der Waals surface area contributed by atoms with Gasteiger partial charge in [0.25, 0.3) is 0 Å². The van der Waals surface area contributed by atoms with E-state index in [-0.39, 0.29) is 0 Å². The molecular formula is C8H17N. The van der Waals surface area contributed by atoms with E-state index in [2.05, 4.69) is 13.5 Å². The summed E-state index contributed by atoms with van der Waals surface area (Å²) in [5.74, 6) is 0.628. The first-order valence-electron chi connectivity index (χ1n) is 3.55. The summed E-state index contributed by atoms with van der Waals surface area (Å²) in [5.41, 5.74) is 5.64. The summed E-state index contributed by atoms with van der Waals surface area (Å²) in [7, 11) is 0. The maximum absolute atomic E-state index is 5.64. The van der Waals surface area contributed by atoms with E-state index in [1.165, 1.54) is 6.42 Å². The Hall–Kier alpha value is -0.300. The fourth-order valence-electron chi connectivity index (χ4n) is 0.644. The molecule has 9 heavy (non-hydrogen) atoms. The van der Waals surface area contributed by atoms with Gasteiger partial charge in [-0.15, -0.1) is 6.58 Å². The van der Waals surface area contributed by atoms with Gasteiger partial charge in [-0.25, -0.2) is 0 Å². The molecule has 0 saturated heterocycles. The molecule has 0 aliphatic heterocycles. The number of rotatable bonds is 4. The summed E-state index contributed by atoms with van der Waals surface area (Å²) in [6, 6.07) is 0.324. The zero-order valence-corrected chi connectivity index (χ0v) is 6.43. The van der Waals surface area contributed by atoms with E-state index in [9.17, 15) is 0 Å². The molecule has 0 radical (unpaired) electrons. The molecule has 1 nitrogen and oxygen atoms in total. The number of allylic oxidation sites excluding steroid dienone is 1. The Morgan fingerprint density at radius 1 is 1.56 bits per heavy atom. The van der Waals surface area contributed by atoms with Crippen LogP contribution in [0.2, 0.25) is 0 Å². The average molecular weight is 127 g/mol. The van der Waals surface area contributed by atoms with E-state index in [1.807, 2.05) is 13.0 Å². The van der Waals surface area contributed by atoms with Gasteiger partial charge in [-0.3, -0.25) is 0 Å². The third-order valence-corrected chi connectivity index (χ3v) is 1.72. The van der Waals surface area contributed by atoms with Crippen molar-refractivity contribution < 1.29 is 0 Å². The number of nitrogens with two attached hydrogens (primary N) is 1. The molecule has 0 aliphatic rings. The fraction of sp³-hybridized carbons (Fsp3) is 0.750. The van der Waals surface area contributed by atoms with Gasteiger partial charge in [-0.05, 0) is 25.7 Å². The molecule has 0 aromatic carbocycles. The summed E-state index contributed by atoms with van der Waals surface area (Å²) in [6.07, 6.45) is 4.20. The van der Waals surface area contributed by atoms with Gasteiger partial charge in [0.2, 0.25) is 0 Å². The van der Waals surface area contributed by atoms with Crippen LogP contribution < -0.4 is 5.73 Å². The highest BCUT2D eigenvalue weighted by atomic mass is 14.6. The summed E-state index contributed by atoms with van der Waals surface area (Å²) < 4.78 is 0. The second kappa shape index (κ2) is 4.57. The second-order valence-electron chi connectivity index (χ2n) is 2.70. The predicted molar refractivity (Wildman–Crippen MR) is 42.2 cm³/mol. The lowest BCUT2D eigenvalue weighted by atomic mass is 9.99. The van der Waals surface area contributed by atoms with Crippen molar-refractivity contribution in [1.82, 2.24) is 0 Å². The summed E-state index contributed by atoms with van der Waals surface area (Å²) in [5, 5.41) is 0. The molecule has 0 saturated carbocycles. The van der Waals surface area contributed by atoms with Crippen molar-refractivity contribution in [3.63, 3.8) is 0 Å². The zero-order chi connectivity index (χ0) is 7.28. The molecule has 0 aliphatic carbocycles. The third kappa shape index (κ3) is 4.22. The fourth-order valence-corrected chi connectivity index (χ4v) is 0.644. The van der Waals surface area contributed by atoms with Gasteiger partial charge in [0, 0.05) is 6.04 Å². The molecule has 0 rings (SSSR count). The first-order valence-corrected chi connectivity index (χ1v) is 3.55. The van der Waals surface area contributed by atoms with E-state index < -0.39 is 0 Å².